The van der Waals surface area contributed by atoms with Gasteiger partial charge in [-0.25, -0.2) is 13.2 Å². The van der Waals surface area contributed by atoms with Crippen LogP contribution in [0.4, 0.5) is 11.4 Å². The zero-order valence-electron chi connectivity index (χ0n) is 18.7. The number of carboxylic acids is 1. The van der Waals surface area contributed by atoms with Crippen molar-refractivity contribution in [3.8, 4) is 5.75 Å². The minimum absolute atomic E-state index is 0.0473. The molecule has 0 spiro atoms. The van der Waals surface area contributed by atoms with Crippen LogP contribution < -0.4 is 14.8 Å². The van der Waals surface area contributed by atoms with Crippen LogP contribution in [0.1, 0.15) is 39.9 Å². The van der Waals surface area contributed by atoms with Crippen molar-refractivity contribution in [2.75, 3.05) is 17.1 Å². The Morgan fingerprint density at radius 2 is 1.91 bits per heavy atom. The van der Waals surface area contributed by atoms with Gasteiger partial charge < -0.3 is 15.2 Å². The first-order chi connectivity index (χ1) is 16.8. The van der Waals surface area contributed by atoms with E-state index in [-0.39, 0.29) is 34.0 Å². The monoisotopic (exact) mass is 510 g/mol. The first-order valence-corrected chi connectivity index (χ1v) is 12.9. The number of aromatic carboxylic acids is 1. The maximum Gasteiger partial charge on any atom is 0.336 e. The van der Waals surface area contributed by atoms with Crippen LogP contribution in [0.15, 0.2) is 77.7 Å². The number of carbonyl (C=O) groups is 1. The Labute approximate surface area is 208 Å². The molecule has 3 aromatic rings. The first kappa shape index (κ1) is 23.3. The van der Waals surface area contributed by atoms with E-state index in [9.17, 15) is 18.3 Å². The van der Waals surface area contributed by atoms with Gasteiger partial charge in [0.25, 0.3) is 10.0 Å². The number of hydrogen-bond donors (Lipinski definition) is 3. The second kappa shape index (κ2) is 8.94. The number of hydrogen-bond acceptors (Lipinski definition) is 5. The largest absolute Gasteiger partial charge is 0.495 e. The lowest BCUT2D eigenvalue weighted by atomic mass is 9.76. The van der Waals surface area contributed by atoms with Gasteiger partial charge in [-0.2, -0.15) is 0 Å². The summed E-state index contributed by atoms with van der Waals surface area (Å²) in [5.74, 6) is -0.605. The number of halogens is 1. The van der Waals surface area contributed by atoms with Gasteiger partial charge in [-0.3, -0.25) is 4.72 Å². The number of sulfonamides is 1. The molecule has 3 N–H and O–H groups in total. The highest BCUT2D eigenvalue weighted by Gasteiger charge is 2.39. The quantitative estimate of drug-likeness (QED) is 0.369. The lowest BCUT2D eigenvalue weighted by molar-refractivity contribution is 0.0694. The molecule has 2 aliphatic rings. The minimum atomic E-state index is -3.93. The van der Waals surface area contributed by atoms with E-state index < -0.39 is 16.0 Å². The summed E-state index contributed by atoms with van der Waals surface area (Å²) in [7, 11) is -2.47. The summed E-state index contributed by atoms with van der Waals surface area (Å²) in [6.07, 6.45) is 4.90. The third-order valence-corrected chi connectivity index (χ3v) is 8.17. The van der Waals surface area contributed by atoms with Crippen molar-refractivity contribution in [3.63, 3.8) is 0 Å². The van der Waals surface area contributed by atoms with Crippen LogP contribution in [0.25, 0.3) is 0 Å². The number of ether oxygens (including phenoxy) is 1. The Morgan fingerprint density at radius 1 is 1.11 bits per heavy atom. The van der Waals surface area contributed by atoms with E-state index in [1.165, 1.54) is 19.2 Å². The molecule has 7 nitrogen and oxygen atoms in total. The van der Waals surface area contributed by atoms with Crippen molar-refractivity contribution in [2.45, 2.75) is 23.3 Å². The number of anilines is 2. The number of nitrogens with one attached hydrogen (secondary N) is 2. The molecule has 5 rings (SSSR count). The number of rotatable bonds is 6. The van der Waals surface area contributed by atoms with Crippen LogP contribution in [-0.4, -0.2) is 26.6 Å². The van der Waals surface area contributed by atoms with Crippen LogP contribution in [0.5, 0.6) is 5.75 Å². The molecule has 1 heterocycles. The van der Waals surface area contributed by atoms with Crippen LogP contribution in [0, 0.1) is 5.92 Å². The Bertz CT molecular complexity index is 1450. The maximum atomic E-state index is 13.3. The highest BCUT2D eigenvalue weighted by atomic mass is 35.5. The summed E-state index contributed by atoms with van der Waals surface area (Å²) in [4.78, 5) is 12.0. The molecule has 0 amide bonds. The van der Waals surface area contributed by atoms with Gasteiger partial charge in [0.2, 0.25) is 0 Å². The molecular formula is C26H23ClN2O5S. The zero-order valence-corrected chi connectivity index (χ0v) is 20.3. The fraction of sp³-hybridized carbons (Fsp3) is 0.192. The average molecular weight is 511 g/mol. The van der Waals surface area contributed by atoms with Gasteiger partial charge >= 0.3 is 5.97 Å². The molecule has 35 heavy (non-hydrogen) atoms. The molecule has 3 atom stereocenters. The summed E-state index contributed by atoms with van der Waals surface area (Å²) in [6, 6.07) is 16.4. The fourth-order valence-electron chi connectivity index (χ4n) is 4.97. The van der Waals surface area contributed by atoms with Crippen molar-refractivity contribution in [1.82, 2.24) is 0 Å². The van der Waals surface area contributed by atoms with E-state index in [0.29, 0.717) is 10.8 Å². The van der Waals surface area contributed by atoms with Gasteiger partial charge in [-0.15, -0.1) is 0 Å². The van der Waals surface area contributed by atoms with Crippen molar-refractivity contribution in [2.24, 2.45) is 5.92 Å². The van der Waals surface area contributed by atoms with E-state index in [1.807, 2.05) is 12.1 Å². The average Bonchev–Trinajstić information content (AvgIpc) is 3.33. The zero-order chi connectivity index (χ0) is 24.7. The Balaban J connectivity index is 1.52. The number of benzene rings is 3. The van der Waals surface area contributed by atoms with Gasteiger partial charge in [0.05, 0.1) is 29.3 Å². The molecular weight excluding hydrogens is 488 g/mol. The highest BCUT2D eigenvalue weighted by Crippen LogP contribution is 2.50. The van der Waals surface area contributed by atoms with Crippen LogP contribution in [-0.2, 0) is 10.0 Å². The van der Waals surface area contributed by atoms with E-state index >= 15 is 0 Å². The molecule has 0 saturated heterocycles. The summed E-state index contributed by atoms with van der Waals surface area (Å²) in [5, 5.41) is 13.6. The van der Waals surface area contributed by atoms with Crippen LogP contribution in [0.3, 0.4) is 0 Å². The normalized spacial score (nSPS) is 20.5. The summed E-state index contributed by atoms with van der Waals surface area (Å²) in [5.41, 5.74) is 2.87. The summed E-state index contributed by atoms with van der Waals surface area (Å²) >= 11 is 6.06. The SMILES string of the molecule is COc1ccc(Cl)cc1NS(=O)(=O)c1ccc2c(c1)[C@H]1C=CC[C@H]1[C@@H](c1ccccc1C(=O)O)N2. The molecule has 1 aliphatic heterocycles. The number of allylic oxidation sites excluding steroid dienone is 2. The van der Waals surface area contributed by atoms with Crippen molar-refractivity contribution in [1.29, 1.82) is 0 Å². The Hall–Kier alpha value is -3.49. The second-order valence-corrected chi connectivity index (χ2v) is 10.7. The van der Waals surface area contributed by atoms with Gasteiger partial charge in [-0.1, -0.05) is 42.0 Å². The van der Waals surface area contributed by atoms with Crippen LogP contribution in [0.2, 0.25) is 5.02 Å². The molecule has 0 aromatic heterocycles. The number of fused-ring (bicyclic) bond motifs is 3. The Kier molecular flexibility index (Phi) is 5.94. The highest BCUT2D eigenvalue weighted by molar-refractivity contribution is 7.92. The first-order valence-electron chi connectivity index (χ1n) is 11.0. The maximum absolute atomic E-state index is 13.3. The molecule has 180 valence electrons. The molecule has 0 fully saturated rings. The molecule has 0 unspecified atom stereocenters. The van der Waals surface area contributed by atoms with E-state index in [1.54, 1.807) is 36.4 Å². The van der Waals surface area contributed by atoms with Gasteiger partial charge in [0, 0.05) is 16.6 Å². The van der Waals surface area contributed by atoms with E-state index in [4.69, 9.17) is 16.3 Å². The predicted molar refractivity (Wildman–Crippen MR) is 135 cm³/mol. The molecule has 3 aromatic carbocycles. The second-order valence-electron chi connectivity index (χ2n) is 8.57. The van der Waals surface area contributed by atoms with E-state index in [0.717, 1.165) is 23.2 Å². The van der Waals surface area contributed by atoms with Gasteiger partial charge in [0.15, 0.2) is 0 Å². The molecule has 0 saturated carbocycles. The topological polar surface area (TPSA) is 105 Å². The van der Waals surface area contributed by atoms with E-state index in [2.05, 4.69) is 22.2 Å². The van der Waals surface area contributed by atoms with Gasteiger partial charge in [-0.05, 0) is 65.9 Å². The summed E-state index contributed by atoms with van der Waals surface area (Å²) in [6.45, 7) is 0. The lowest BCUT2D eigenvalue weighted by Crippen LogP contribution is -2.30. The fourth-order valence-corrected chi connectivity index (χ4v) is 6.24. The van der Waals surface area contributed by atoms with Gasteiger partial charge in [0.1, 0.15) is 5.75 Å². The standard InChI is InChI=1S/C26H23ClN2O5S/c1-34-24-12-9-15(27)13-23(24)29-35(32,33)16-10-11-22-21(14-16)17-7-4-8-18(17)25(28-22)19-5-2-3-6-20(19)26(30)31/h2-7,9-14,17-18,25,28-29H,8H2,1H3,(H,30,31)/t17-,18+,25-/m0/s1. The predicted octanol–water partition coefficient (Wildman–Crippen LogP) is 5.67. The van der Waals surface area contributed by atoms with Crippen LogP contribution >= 0.6 is 11.6 Å². The van der Waals surface area contributed by atoms with Crippen molar-refractivity contribution < 1.29 is 23.1 Å². The van der Waals surface area contributed by atoms with Crippen molar-refractivity contribution in [3.05, 3.63) is 94.5 Å². The lowest BCUT2D eigenvalue weighted by Gasteiger charge is -2.38. The third kappa shape index (κ3) is 4.24. The number of methoxy groups -OCH3 is 1. The molecule has 1 aliphatic carbocycles. The molecule has 0 radical (unpaired) electrons. The van der Waals surface area contributed by atoms with Crippen molar-refractivity contribution >= 4 is 39.0 Å². The Morgan fingerprint density at radius 3 is 2.69 bits per heavy atom. The summed E-state index contributed by atoms with van der Waals surface area (Å²) < 4.78 is 34.3. The molecule has 0 bridgehead atoms. The third-order valence-electron chi connectivity index (χ3n) is 6.58. The molecule has 9 heteroatoms. The minimum Gasteiger partial charge on any atom is -0.495 e. The number of carboxylic acid groups (broad SMARTS) is 1. The smallest absolute Gasteiger partial charge is 0.336 e.